The second-order valence-corrected chi connectivity index (χ2v) is 7.25. The molecule has 0 saturated heterocycles. The number of allylic oxidation sites excluding steroid dienone is 1. The SMILES string of the molecule is Cc1cc(F)c(-c2c[pH]c3cc(F)ccc23)c(F)c1.OC=C1CCC1. The van der Waals surface area contributed by atoms with Crippen molar-refractivity contribution in [1.29, 1.82) is 0 Å². The van der Waals surface area contributed by atoms with Crippen LogP contribution in [0.4, 0.5) is 13.2 Å². The van der Waals surface area contributed by atoms with Crippen molar-refractivity contribution < 1.29 is 18.3 Å². The van der Waals surface area contributed by atoms with Crippen LogP contribution >= 0.6 is 8.19 Å². The van der Waals surface area contributed by atoms with Crippen LogP contribution in [-0.2, 0) is 0 Å². The largest absolute Gasteiger partial charge is 0.516 e. The third-order valence-corrected chi connectivity index (χ3v) is 5.44. The smallest absolute Gasteiger partial charge is 0.134 e. The van der Waals surface area contributed by atoms with Gasteiger partial charge in [-0.1, -0.05) is 6.07 Å². The minimum atomic E-state index is -0.578. The molecule has 0 bridgehead atoms. The molecular weight excluding hydrogens is 344 g/mol. The van der Waals surface area contributed by atoms with Gasteiger partial charge in [0.1, 0.15) is 17.5 Å². The Morgan fingerprint density at radius 3 is 2.24 bits per heavy atom. The van der Waals surface area contributed by atoms with Gasteiger partial charge in [0.2, 0.25) is 0 Å². The van der Waals surface area contributed by atoms with Gasteiger partial charge in [-0.25, -0.2) is 13.2 Å². The molecule has 0 radical (unpaired) electrons. The van der Waals surface area contributed by atoms with Crippen LogP contribution in [-0.4, -0.2) is 5.11 Å². The third-order valence-electron chi connectivity index (χ3n) is 4.28. The Morgan fingerprint density at radius 2 is 1.72 bits per heavy atom. The number of rotatable bonds is 1. The molecule has 1 fully saturated rings. The number of halogens is 3. The van der Waals surface area contributed by atoms with Gasteiger partial charge in [-0.15, -0.1) is 8.19 Å². The van der Waals surface area contributed by atoms with Crippen molar-refractivity contribution in [2.24, 2.45) is 0 Å². The molecule has 1 unspecified atom stereocenters. The monoisotopic (exact) mass is 362 g/mol. The summed E-state index contributed by atoms with van der Waals surface area (Å²) < 4.78 is 41.1. The highest BCUT2D eigenvalue weighted by molar-refractivity contribution is 7.36. The summed E-state index contributed by atoms with van der Waals surface area (Å²) in [6.07, 6.45) is 4.74. The van der Waals surface area contributed by atoms with Gasteiger partial charge in [0.25, 0.3) is 0 Å². The summed E-state index contributed by atoms with van der Waals surface area (Å²) >= 11 is 0. The van der Waals surface area contributed by atoms with E-state index in [2.05, 4.69) is 0 Å². The molecule has 5 heteroatoms. The van der Waals surface area contributed by atoms with Crippen LogP contribution in [0.2, 0.25) is 0 Å². The summed E-state index contributed by atoms with van der Waals surface area (Å²) in [5.41, 5.74) is 2.24. The van der Waals surface area contributed by atoms with Crippen molar-refractivity contribution in [3.8, 4) is 11.1 Å². The van der Waals surface area contributed by atoms with Crippen LogP contribution in [0.5, 0.6) is 0 Å². The highest BCUT2D eigenvalue weighted by Gasteiger charge is 2.15. The Labute approximate surface area is 145 Å². The molecule has 4 rings (SSSR count). The van der Waals surface area contributed by atoms with Crippen molar-refractivity contribution >= 4 is 18.7 Å². The first-order chi connectivity index (χ1) is 12.0. The van der Waals surface area contributed by atoms with Crippen molar-refractivity contribution in [3.63, 3.8) is 0 Å². The molecule has 1 aromatic heterocycles. The van der Waals surface area contributed by atoms with Gasteiger partial charge >= 0.3 is 0 Å². The molecule has 0 aliphatic heterocycles. The van der Waals surface area contributed by atoms with Gasteiger partial charge in [0.15, 0.2) is 0 Å². The van der Waals surface area contributed by atoms with Crippen LogP contribution in [0.15, 0.2) is 48.0 Å². The second-order valence-electron chi connectivity index (χ2n) is 6.14. The lowest BCUT2D eigenvalue weighted by atomic mass is 9.94. The Morgan fingerprint density at radius 1 is 1.04 bits per heavy atom. The first kappa shape index (κ1) is 17.6. The number of fused-ring (bicyclic) bond motifs is 1. The molecule has 1 atom stereocenters. The van der Waals surface area contributed by atoms with E-state index in [0.717, 1.165) is 18.0 Å². The fourth-order valence-electron chi connectivity index (χ4n) is 2.77. The van der Waals surface area contributed by atoms with Gasteiger partial charge in [-0.05, 0) is 78.3 Å². The van der Waals surface area contributed by atoms with Gasteiger partial charge in [0, 0.05) is 5.12 Å². The van der Waals surface area contributed by atoms with Crippen LogP contribution in [0.3, 0.4) is 0 Å². The quantitative estimate of drug-likeness (QED) is 0.468. The van der Waals surface area contributed by atoms with E-state index in [4.69, 9.17) is 5.11 Å². The number of aliphatic hydroxyl groups is 1. The molecule has 25 heavy (non-hydrogen) atoms. The van der Waals surface area contributed by atoms with Crippen molar-refractivity contribution in [2.75, 3.05) is 0 Å². The minimum Gasteiger partial charge on any atom is -0.516 e. The average molecular weight is 362 g/mol. The fraction of sp³-hybridized carbons (Fsp3) is 0.200. The number of hydrogen-bond acceptors (Lipinski definition) is 1. The molecule has 1 saturated carbocycles. The number of hydrogen-bond donors (Lipinski definition) is 1. The second kappa shape index (κ2) is 7.37. The molecule has 3 aromatic rings. The Hall–Kier alpha value is -2.19. The van der Waals surface area contributed by atoms with E-state index in [1.807, 2.05) is 0 Å². The Kier molecular flexibility index (Phi) is 5.19. The van der Waals surface area contributed by atoms with Gasteiger partial charge in [0.05, 0.1) is 11.8 Å². The lowest BCUT2D eigenvalue weighted by Gasteiger charge is -2.12. The van der Waals surface area contributed by atoms with Crippen LogP contribution in [0.25, 0.3) is 21.6 Å². The molecule has 0 amide bonds. The van der Waals surface area contributed by atoms with Crippen molar-refractivity contribution in [1.82, 2.24) is 0 Å². The topological polar surface area (TPSA) is 20.2 Å². The first-order valence-electron chi connectivity index (χ1n) is 8.04. The van der Waals surface area contributed by atoms with Gasteiger partial charge in [-0.2, -0.15) is 0 Å². The van der Waals surface area contributed by atoms with Gasteiger partial charge < -0.3 is 5.11 Å². The zero-order chi connectivity index (χ0) is 18.0. The van der Waals surface area contributed by atoms with E-state index in [1.54, 1.807) is 18.8 Å². The molecule has 1 N–H and O–H groups in total. The predicted octanol–water partition coefficient (Wildman–Crippen LogP) is 6.88. The lowest BCUT2D eigenvalue weighted by Crippen LogP contribution is -1.94. The summed E-state index contributed by atoms with van der Waals surface area (Å²) in [6, 6.07) is 6.93. The molecule has 1 aliphatic rings. The normalized spacial score (nSPS) is 13.5. The molecule has 1 heterocycles. The molecule has 130 valence electrons. The molecule has 1 nitrogen and oxygen atoms in total. The van der Waals surface area contributed by atoms with Gasteiger partial charge in [-0.3, -0.25) is 0 Å². The number of benzene rings is 2. The van der Waals surface area contributed by atoms with Crippen LogP contribution in [0.1, 0.15) is 24.8 Å². The van der Waals surface area contributed by atoms with Crippen molar-refractivity contribution in [3.05, 3.63) is 71.0 Å². The fourth-order valence-corrected chi connectivity index (χ4v) is 3.97. The predicted molar refractivity (Wildman–Crippen MR) is 98.1 cm³/mol. The van der Waals surface area contributed by atoms with Crippen LogP contribution in [0, 0.1) is 24.4 Å². The minimum absolute atomic E-state index is 0.0246. The summed E-state index contributed by atoms with van der Waals surface area (Å²) in [5.74, 6) is 0.281. The molecule has 1 aliphatic carbocycles. The maximum atomic E-state index is 14.0. The van der Waals surface area contributed by atoms with Crippen molar-refractivity contribution in [2.45, 2.75) is 26.2 Å². The Balaban J connectivity index is 0.000000258. The Bertz CT molecular complexity index is 914. The highest BCUT2D eigenvalue weighted by atomic mass is 31.0. The van der Waals surface area contributed by atoms with Crippen LogP contribution < -0.4 is 0 Å². The zero-order valence-corrected chi connectivity index (χ0v) is 14.7. The van der Waals surface area contributed by atoms with E-state index < -0.39 is 11.6 Å². The van der Waals surface area contributed by atoms with E-state index in [9.17, 15) is 13.2 Å². The summed E-state index contributed by atoms with van der Waals surface area (Å²) in [7, 11) is 0.237. The highest BCUT2D eigenvalue weighted by Crippen LogP contribution is 2.39. The average Bonchev–Trinajstić information content (AvgIpc) is 2.88. The third kappa shape index (κ3) is 3.74. The zero-order valence-electron chi connectivity index (χ0n) is 13.7. The summed E-state index contributed by atoms with van der Waals surface area (Å²) in [6.45, 7) is 1.64. The maximum absolute atomic E-state index is 14.0. The summed E-state index contributed by atoms with van der Waals surface area (Å²) in [4.78, 5) is 0. The first-order valence-corrected chi connectivity index (χ1v) is 9.12. The molecular formula is C20H18F3OP. The molecule has 0 spiro atoms. The molecule has 2 aromatic carbocycles. The summed E-state index contributed by atoms with van der Waals surface area (Å²) in [5, 5.41) is 9.72. The number of aliphatic hydroxyl groups excluding tert-OH is 1. The van der Waals surface area contributed by atoms with E-state index in [1.165, 1.54) is 42.5 Å². The standard InChI is InChI=1S/C15H10F3P.C5H8O/c1-8-4-12(17)15(13(18)5-8)11-7-19-14-6-9(16)2-3-10(11)14;6-4-5-2-1-3-5/h2-7,19H,1H3;4,6H,1-3H2. The maximum Gasteiger partial charge on any atom is 0.134 e. The van der Waals surface area contributed by atoms with E-state index in [0.29, 0.717) is 16.5 Å². The number of aryl methyl sites for hydroxylation is 1. The van der Waals surface area contributed by atoms with E-state index >= 15 is 0 Å². The van der Waals surface area contributed by atoms with E-state index in [-0.39, 0.29) is 19.6 Å². The lowest BCUT2D eigenvalue weighted by molar-refractivity contribution is 0.447.